The van der Waals surface area contributed by atoms with Crippen LogP contribution in [0.5, 0.6) is 0 Å². The predicted octanol–water partition coefficient (Wildman–Crippen LogP) is 5.36. The number of carbonyl (C=O) groups excluding carboxylic acids is 3. The largest absolute Gasteiger partial charge is 0.481 e. The molecule has 1 fully saturated rings. The summed E-state index contributed by atoms with van der Waals surface area (Å²) in [6.07, 6.45) is 0.905. The lowest BCUT2D eigenvalue weighted by Gasteiger charge is -2.38. The number of esters is 1. The van der Waals surface area contributed by atoms with Crippen LogP contribution >= 0.6 is 23.2 Å². The molecule has 38 heavy (non-hydrogen) atoms. The van der Waals surface area contributed by atoms with Crippen LogP contribution in [0.25, 0.3) is 0 Å². The van der Waals surface area contributed by atoms with E-state index in [1.54, 1.807) is 63.2 Å². The van der Waals surface area contributed by atoms with Crippen molar-refractivity contribution in [2.45, 2.75) is 46.1 Å². The Bertz CT molecular complexity index is 1210. The van der Waals surface area contributed by atoms with Crippen molar-refractivity contribution >= 4 is 58.5 Å². The lowest BCUT2D eigenvalue weighted by atomic mass is 9.65. The smallest absolute Gasteiger partial charge is 0.328 e. The summed E-state index contributed by atoms with van der Waals surface area (Å²) in [6, 6.07) is 10.1. The average Bonchev–Trinajstić information content (AvgIpc) is 3.11. The van der Waals surface area contributed by atoms with Gasteiger partial charge in [0.25, 0.3) is 0 Å². The fraction of sp³-hybridized carbons (Fsp3) is 0.407. The number of anilines is 2. The zero-order valence-electron chi connectivity index (χ0n) is 21.6. The third kappa shape index (κ3) is 6.05. The van der Waals surface area contributed by atoms with E-state index in [1.807, 2.05) is 0 Å². The summed E-state index contributed by atoms with van der Waals surface area (Å²) in [5.74, 6) is -2.52. The van der Waals surface area contributed by atoms with E-state index in [0.29, 0.717) is 34.1 Å². The highest BCUT2D eigenvalue weighted by Gasteiger charge is 2.58. The van der Waals surface area contributed by atoms with E-state index >= 15 is 0 Å². The molecule has 3 amide bonds. The van der Waals surface area contributed by atoms with Crippen molar-refractivity contribution in [3.05, 3.63) is 58.1 Å². The molecule has 0 radical (unpaired) electrons. The minimum absolute atomic E-state index is 0.142. The zero-order chi connectivity index (χ0) is 28.3. The molecule has 3 atom stereocenters. The molecule has 9 nitrogen and oxygen atoms in total. The van der Waals surface area contributed by atoms with Gasteiger partial charge >= 0.3 is 18.0 Å². The monoisotopic (exact) mass is 563 g/mol. The normalized spacial score (nSPS) is 20.7. The number of amides is 3. The number of aliphatic carboxylic acids is 1. The van der Waals surface area contributed by atoms with Gasteiger partial charge in [0.2, 0.25) is 5.91 Å². The van der Waals surface area contributed by atoms with Crippen LogP contribution in [-0.2, 0) is 25.5 Å². The van der Waals surface area contributed by atoms with Gasteiger partial charge in [0.1, 0.15) is 6.04 Å². The minimum Gasteiger partial charge on any atom is -0.481 e. The van der Waals surface area contributed by atoms with Gasteiger partial charge in [-0.05, 0) is 55.0 Å². The summed E-state index contributed by atoms with van der Waals surface area (Å²) in [4.78, 5) is 49.9. The van der Waals surface area contributed by atoms with Gasteiger partial charge in [0.05, 0.1) is 28.3 Å². The van der Waals surface area contributed by atoms with E-state index in [4.69, 9.17) is 27.9 Å². The highest BCUT2D eigenvalue weighted by molar-refractivity contribution is 6.39. The molecule has 1 saturated carbocycles. The van der Waals surface area contributed by atoms with Crippen LogP contribution in [0, 0.1) is 16.7 Å². The number of ether oxygens (including phenoxy) is 1. The Morgan fingerprint density at radius 2 is 1.63 bits per heavy atom. The number of carboxylic acids is 1. The first kappa shape index (κ1) is 29.3. The van der Waals surface area contributed by atoms with Crippen molar-refractivity contribution in [1.29, 1.82) is 0 Å². The second-order valence-corrected chi connectivity index (χ2v) is 10.9. The molecule has 0 bridgehead atoms. The van der Waals surface area contributed by atoms with Gasteiger partial charge in [-0.25, -0.2) is 9.59 Å². The molecule has 1 aliphatic carbocycles. The second-order valence-electron chi connectivity index (χ2n) is 10.1. The first-order valence-corrected chi connectivity index (χ1v) is 12.8. The lowest BCUT2D eigenvalue weighted by Crippen LogP contribution is -2.50. The molecule has 0 saturated heterocycles. The van der Waals surface area contributed by atoms with E-state index in [0.717, 1.165) is 0 Å². The molecule has 2 unspecified atom stereocenters. The van der Waals surface area contributed by atoms with Crippen molar-refractivity contribution in [1.82, 2.24) is 5.32 Å². The van der Waals surface area contributed by atoms with Crippen LogP contribution in [0.2, 0.25) is 10.0 Å². The van der Waals surface area contributed by atoms with Gasteiger partial charge in [-0.15, -0.1) is 0 Å². The fourth-order valence-electron chi connectivity index (χ4n) is 4.80. The Morgan fingerprint density at radius 1 is 1.03 bits per heavy atom. The Kier molecular flexibility index (Phi) is 8.94. The predicted molar refractivity (Wildman–Crippen MR) is 145 cm³/mol. The quantitative estimate of drug-likeness (QED) is 0.319. The SMILES string of the molecule is COC(=O)[C@H](Cc1ccc(NC(=O)Nc2c(Cl)cccc2Cl)cc1)NC(=O)C1CCC(C)(C(=O)O)C1(C)C. The topological polar surface area (TPSA) is 134 Å². The van der Waals surface area contributed by atoms with Crippen molar-refractivity contribution in [2.75, 3.05) is 17.7 Å². The van der Waals surface area contributed by atoms with Gasteiger partial charge in [-0.3, -0.25) is 9.59 Å². The standard InChI is InChI=1S/C27H31Cl2N3O6/c1-26(2)17(12-13-27(26,3)24(35)36)22(33)31-20(23(34)38-4)14-15-8-10-16(11-9-15)30-25(37)32-21-18(28)6-5-7-19(21)29/h5-11,17,20H,12-14H2,1-4H3,(H,31,33)(H,35,36)(H2,30,32,37)/t17?,20-,27?/m0/s1. The van der Waals surface area contributed by atoms with Crippen molar-refractivity contribution in [3.63, 3.8) is 0 Å². The van der Waals surface area contributed by atoms with Crippen molar-refractivity contribution < 1.29 is 29.0 Å². The van der Waals surface area contributed by atoms with E-state index < -0.39 is 40.8 Å². The van der Waals surface area contributed by atoms with Gasteiger partial charge in [-0.1, -0.05) is 55.2 Å². The maximum absolute atomic E-state index is 13.2. The molecular formula is C27H31Cl2N3O6. The summed E-state index contributed by atoms with van der Waals surface area (Å²) < 4.78 is 4.90. The number of rotatable bonds is 8. The molecule has 11 heteroatoms. The molecule has 0 spiro atoms. The molecule has 204 valence electrons. The number of halogens is 2. The second kappa shape index (κ2) is 11.6. The van der Waals surface area contributed by atoms with Crippen LogP contribution in [0.4, 0.5) is 16.2 Å². The van der Waals surface area contributed by atoms with E-state index in [-0.39, 0.29) is 18.0 Å². The minimum atomic E-state index is -1.05. The number of para-hydroxylation sites is 1. The number of hydrogen-bond donors (Lipinski definition) is 4. The van der Waals surface area contributed by atoms with Gasteiger partial charge in [0.15, 0.2) is 0 Å². The van der Waals surface area contributed by atoms with Gasteiger partial charge in [0, 0.05) is 18.0 Å². The van der Waals surface area contributed by atoms with Crippen LogP contribution in [0.3, 0.4) is 0 Å². The van der Waals surface area contributed by atoms with Crippen molar-refractivity contribution in [3.8, 4) is 0 Å². The number of carboxylic acid groups (broad SMARTS) is 1. The first-order chi connectivity index (χ1) is 17.8. The Labute approximate surface area is 231 Å². The number of methoxy groups -OCH3 is 1. The summed E-state index contributed by atoms with van der Waals surface area (Å²) in [6.45, 7) is 5.19. The molecular weight excluding hydrogens is 533 g/mol. The van der Waals surface area contributed by atoms with Crippen LogP contribution < -0.4 is 16.0 Å². The molecule has 2 aromatic rings. The molecule has 3 rings (SSSR count). The Balaban J connectivity index is 1.66. The van der Waals surface area contributed by atoms with Crippen LogP contribution in [0.1, 0.15) is 39.2 Å². The maximum Gasteiger partial charge on any atom is 0.328 e. The molecule has 0 aromatic heterocycles. The first-order valence-electron chi connectivity index (χ1n) is 12.0. The number of benzene rings is 2. The van der Waals surface area contributed by atoms with Crippen LogP contribution in [-0.4, -0.2) is 42.1 Å². The molecule has 1 aliphatic rings. The van der Waals surface area contributed by atoms with E-state index in [9.17, 15) is 24.3 Å². The zero-order valence-corrected chi connectivity index (χ0v) is 23.1. The summed E-state index contributed by atoms with van der Waals surface area (Å²) in [5, 5.41) is 18.4. The summed E-state index contributed by atoms with van der Waals surface area (Å²) in [5.41, 5.74) is -0.389. The number of urea groups is 1. The highest BCUT2D eigenvalue weighted by Crippen LogP contribution is 2.56. The Hall–Kier alpha value is -3.30. The highest BCUT2D eigenvalue weighted by atomic mass is 35.5. The average molecular weight is 564 g/mol. The third-order valence-corrected chi connectivity index (χ3v) is 8.30. The summed E-state index contributed by atoms with van der Waals surface area (Å²) >= 11 is 12.2. The Morgan fingerprint density at radius 3 is 2.16 bits per heavy atom. The van der Waals surface area contributed by atoms with Gasteiger partial charge < -0.3 is 25.8 Å². The number of nitrogens with one attached hydrogen (secondary N) is 3. The van der Waals surface area contributed by atoms with E-state index in [1.165, 1.54) is 7.11 Å². The molecule has 0 aliphatic heterocycles. The molecule has 0 heterocycles. The van der Waals surface area contributed by atoms with Crippen molar-refractivity contribution in [2.24, 2.45) is 16.7 Å². The number of hydrogen-bond acceptors (Lipinski definition) is 5. The van der Waals surface area contributed by atoms with E-state index in [2.05, 4.69) is 16.0 Å². The molecule has 2 aromatic carbocycles. The maximum atomic E-state index is 13.2. The van der Waals surface area contributed by atoms with Crippen LogP contribution in [0.15, 0.2) is 42.5 Å². The lowest BCUT2D eigenvalue weighted by molar-refractivity contribution is -0.156. The third-order valence-electron chi connectivity index (χ3n) is 7.67. The molecule has 4 N–H and O–H groups in total. The summed E-state index contributed by atoms with van der Waals surface area (Å²) in [7, 11) is 1.24. The number of carbonyl (C=O) groups is 4. The van der Waals surface area contributed by atoms with Gasteiger partial charge in [-0.2, -0.15) is 0 Å². The fourth-order valence-corrected chi connectivity index (χ4v) is 5.29.